The van der Waals surface area contributed by atoms with Crippen LogP contribution in [0.3, 0.4) is 0 Å². The highest BCUT2D eigenvalue weighted by molar-refractivity contribution is 5.95. The van der Waals surface area contributed by atoms with Crippen molar-refractivity contribution in [1.82, 2.24) is 15.2 Å². The summed E-state index contributed by atoms with van der Waals surface area (Å²) in [6, 6.07) is 20.3. The number of nitrogens with one attached hydrogen (secondary N) is 1. The van der Waals surface area contributed by atoms with E-state index >= 15 is 0 Å². The summed E-state index contributed by atoms with van der Waals surface area (Å²) in [5.74, 6) is -0.0199. The molecule has 1 N–H and O–H groups in total. The lowest BCUT2D eigenvalue weighted by Gasteiger charge is -2.42. The Kier molecular flexibility index (Phi) is 6.87. The standard InChI is InChI=1S/C28H31N3O2/c1-3-30-27(33)28(15-6-18-31(20-28)26(32)23-13-16-29-17-14-23)19-24-7-4-5-8-25(24)22-11-9-21(2)10-12-22/h4-5,7-14,16-17H,3,6,15,18-20H2,1-2H3,(H,30,33)/t28-/m0/s1. The molecule has 0 bridgehead atoms. The number of piperidine rings is 1. The summed E-state index contributed by atoms with van der Waals surface area (Å²) in [4.78, 5) is 32.5. The van der Waals surface area contributed by atoms with Crippen molar-refractivity contribution in [2.24, 2.45) is 5.41 Å². The quantitative estimate of drug-likeness (QED) is 0.605. The first kappa shape index (κ1) is 22.7. The molecule has 0 radical (unpaired) electrons. The van der Waals surface area contributed by atoms with Crippen LogP contribution in [0.4, 0.5) is 0 Å². The summed E-state index contributed by atoms with van der Waals surface area (Å²) >= 11 is 0. The fourth-order valence-corrected chi connectivity index (χ4v) is 4.79. The van der Waals surface area contributed by atoms with Gasteiger partial charge in [0.05, 0.1) is 5.41 Å². The predicted octanol–water partition coefficient (Wildman–Crippen LogP) is 4.66. The summed E-state index contributed by atoms with van der Waals surface area (Å²) < 4.78 is 0. The third-order valence-corrected chi connectivity index (χ3v) is 6.52. The van der Waals surface area contributed by atoms with Crippen molar-refractivity contribution >= 4 is 11.8 Å². The lowest BCUT2D eigenvalue weighted by atomic mass is 9.73. The van der Waals surface area contributed by atoms with Gasteiger partial charge in [-0.1, -0.05) is 54.1 Å². The Morgan fingerprint density at radius 2 is 1.76 bits per heavy atom. The van der Waals surface area contributed by atoms with Gasteiger partial charge < -0.3 is 10.2 Å². The minimum Gasteiger partial charge on any atom is -0.356 e. The minimum atomic E-state index is -0.669. The van der Waals surface area contributed by atoms with Crippen molar-refractivity contribution in [2.75, 3.05) is 19.6 Å². The first-order valence-electron chi connectivity index (χ1n) is 11.6. The maximum absolute atomic E-state index is 13.5. The molecule has 1 saturated heterocycles. The molecule has 2 aromatic carbocycles. The molecule has 1 fully saturated rings. The van der Waals surface area contributed by atoms with Crippen molar-refractivity contribution in [3.63, 3.8) is 0 Å². The molecule has 170 valence electrons. The molecular formula is C28H31N3O2. The molecule has 4 rings (SSSR count). The van der Waals surface area contributed by atoms with E-state index in [1.165, 1.54) is 5.56 Å². The van der Waals surface area contributed by atoms with E-state index in [1.807, 2.05) is 24.0 Å². The Bertz CT molecular complexity index is 1110. The van der Waals surface area contributed by atoms with Crippen LogP contribution in [0, 0.1) is 12.3 Å². The highest BCUT2D eigenvalue weighted by atomic mass is 16.2. The molecule has 0 aliphatic carbocycles. The van der Waals surface area contributed by atoms with E-state index in [2.05, 4.69) is 53.6 Å². The number of likely N-dealkylation sites (tertiary alicyclic amines) is 1. The molecule has 3 aromatic rings. The molecule has 33 heavy (non-hydrogen) atoms. The van der Waals surface area contributed by atoms with Gasteiger partial charge in [0.25, 0.3) is 5.91 Å². The first-order chi connectivity index (χ1) is 16.0. The van der Waals surface area contributed by atoms with E-state index < -0.39 is 5.41 Å². The van der Waals surface area contributed by atoms with Crippen molar-refractivity contribution in [2.45, 2.75) is 33.1 Å². The maximum atomic E-state index is 13.5. The van der Waals surface area contributed by atoms with Crippen LogP contribution in [0.25, 0.3) is 11.1 Å². The number of nitrogens with zero attached hydrogens (tertiary/aromatic N) is 2. The van der Waals surface area contributed by atoms with Gasteiger partial charge in [0.1, 0.15) is 0 Å². The Hall–Kier alpha value is -3.47. The Labute approximate surface area is 195 Å². The summed E-state index contributed by atoms with van der Waals surface area (Å²) in [7, 11) is 0. The number of aromatic nitrogens is 1. The summed E-state index contributed by atoms with van der Waals surface area (Å²) in [5.41, 5.74) is 4.56. The van der Waals surface area contributed by atoms with Crippen LogP contribution in [0.1, 0.15) is 41.3 Å². The minimum absolute atomic E-state index is 0.0240. The SMILES string of the molecule is CCNC(=O)[C@]1(Cc2ccccc2-c2ccc(C)cc2)CCCN(C(=O)c2ccncc2)C1. The average Bonchev–Trinajstić information content (AvgIpc) is 2.85. The molecule has 0 saturated carbocycles. The van der Waals surface area contributed by atoms with Gasteiger partial charge in [-0.25, -0.2) is 0 Å². The van der Waals surface area contributed by atoms with E-state index in [4.69, 9.17) is 0 Å². The number of aryl methyl sites for hydroxylation is 1. The van der Waals surface area contributed by atoms with Gasteiger partial charge in [-0.15, -0.1) is 0 Å². The van der Waals surface area contributed by atoms with Gasteiger partial charge in [-0.3, -0.25) is 14.6 Å². The number of benzene rings is 2. The summed E-state index contributed by atoms with van der Waals surface area (Å²) in [6.45, 7) is 5.65. The van der Waals surface area contributed by atoms with Crippen molar-refractivity contribution in [3.05, 3.63) is 89.7 Å². The largest absolute Gasteiger partial charge is 0.356 e. The molecule has 0 unspecified atom stereocenters. The zero-order valence-electron chi connectivity index (χ0n) is 19.4. The highest BCUT2D eigenvalue weighted by Gasteiger charge is 2.43. The van der Waals surface area contributed by atoms with E-state index in [0.717, 1.165) is 29.5 Å². The van der Waals surface area contributed by atoms with Crippen LogP contribution in [0.5, 0.6) is 0 Å². The molecule has 5 heteroatoms. The van der Waals surface area contributed by atoms with E-state index in [9.17, 15) is 9.59 Å². The third-order valence-electron chi connectivity index (χ3n) is 6.52. The Balaban J connectivity index is 1.68. The molecule has 5 nitrogen and oxygen atoms in total. The molecule has 1 aromatic heterocycles. The lowest BCUT2D eigenvalue weighted by Crippen LogP contribution is -2.54. The van der Waals surface area contributed by atoms with Crippen molar-refractivity contribution < 1.29 is 9.59 Å². The first-order valence-corrected chi connectivity index (χ1v) is 11.6. The number of carbonyl (C=O) groups excluding carboxylic acids is 2. The molecular weight excluding hydrogens is 410 g/mol. The average molecular weight is 442 g/mol. The van der Waals surface area contributed by atoms with Gasteiger partial charge >= 0.3 is 0 Å². The summed E-state index contributed by atoms with van der Waals surface area (Å²) in [6.07, 6.45) is 5.39. The fraction of sp³-hybridized carbons (Fsp3) is 0.321. The Morgan fingerprint density at radius 1 is 1.03 bits per heavy atom. The Morgan fingerprint density at radius 3 is 2.48 bits per heavy atom. The molecule has 2 amide bonds. The number of hydrogen-bond donors (Lipinski definition) is 1. The normalized spacial score (nSPS) is 18.1. The second-order valence-electron chi connectivity index (χ2n) is 8.91. The van der Waals surface area contributed by atoms with Crippen LogP contribution in [0.2, 0.25) is 0 Å². The molecule has 2 heterocycles. The topological polar surface area (TPSA) is 62.3 Å². The van der Waals surface area contributed by atoms with Crippen LogP contribution >= 0.6 is 0 Å². The van der Waals surface area contributed by atoms with E-state index in [1.54, 1.807) is 24.5 Å². The van der Waals surface area contributed by atoms with Crippen LogP contribution in [-0.4, -0.2) is 41.3 Å². The van der Waals surface area contributed by atoms with Gasteiger partial charge in [-0.2, -0.15) is 0 Å². The number of rotatable bonds is 6. The maximum Gasteiger partial charge on any atom is 0.253 e. The number of amides is 2. The van der Waals surface area contributed by atoms with Gasteiger partial charge in [0.2, 0.25) is 5.91 Å². The summed E-state index contributed by atoms with van der Waals surface area (Å²) in [5, 5.41) is 3.06. The molecule has 1 aliphatic rings. The molecule has 1 atom stereocenters. The van der Waals surface area contributed by atoms with Gasteiger partial charge in [0, 0.05) is 37.6 Å². The van der Waals surface area contributed by atoms with E-state index in [0.29, 0.717) is 31.6 Å². The third kappa shape index (κ3) is 4.98. The lowest BCUT2D eigenvalue weighted by molar-refractivity contribution is -0.133. The number of carbonyl (C=O) groups is 2. The molecule has 1 aliphatic heterocycles. The smallest absolute Gasteiger partial charge is 0.253 e. The van der Waals surface area contributed by atoms with Gasteiger partial charge in [-0.05, 0) is 61.9 Å². The number of pyridine rings is 1. The zero-order chi connectivity index (χ0) is 23.3. The van der Waals surface area contributed by atoms with Gasteiger partial charge in [0.15, 0.2) is 0 Å². The second kappa shape index (κ2) is 9.99. The monoisotopic (exact) mass is 441 g/mol. The van der Waals surface area contributed by atoms with Crippen molar-refractivity contribution in [1.29, 1.82) is 0 Å². The van der Waals surface area contributed by atoms with Crippen molar-refractivity contribution in [3.8, 4) is 11.1 Å². The van der Waals surface area contributed by atoms with Crippen LogP contribution < -0.4 is 5.32 Å². The van der Waals surface area contributed by atoms with Crippen LogP contribution in [0.15, 0.2) is 73.1 Å². The zero-order valence-corrected chi connectivity index (χ0v) is 19.4. The fourth-order valence-electron chi connectivity index (χ4n) is 4.79. The predicted molar refractivity (Wildman–Crippen MR) is 131 cm³/mol. The number of hydrogen-bond acceptors (Lipinski definition) is 3. The highest BCUT2D eigenvalue weighted by Crippen LogP contribution is 2.37. The van der Waals surface area contributed by atoms with Crippen LogP contribution in [-0.2, 0) is 11.2 Å². The van der Waals surface area contributed by atoms with E-state index in [-0.39, 0.29) is 11.8 Å². The second-order valence-corrected chi connectivity index (χ2v) is 8.91. The molecule has 0 spiro atoms.